The number of nitrogens with one attached hydrogen (secondary N) is 1. The van der Waals surface area contributed by atoms with Crippen molar-refractivity contribution < 1.29 is 14.3 Å². The Hall–Kier alpha value is -3.58. The molecule has 4 rings (SSSR count). The van der Waals surface area contributed by atoms with Gasteiger partial charge in [-0.05, 0) is 41.3 Å². The van der Waals surface area contributed by atoms with E-state index < -0.39 is 5.91 Å². The van der Waals surface area contributed by atoms with E-state index in [1.54, 1.807) is 36.8 Å². The van der Waals surface area contributed by atoms with E-state index in [1.165, 1.54) is 7.11 Å². The van der Waals surface area contributed by atoms with E-state index in [9.17, 15) is 4.79 Å². The van der Waals surface area contributed by atoms with Crippen LogP contribution in [0.5, 0.6) is 11.5 Å². The van der Waals surface area contributed by atoms with Gasteiger partial charge >= 0.3 is 0 Å². The van der Waals surface area contributed by atoms with Crippen molar-refractivity contribution in [1.29, 1.82) is 0 Å². The molecule has 0 bridgehead atoms. The Labute approximate surface area is 171 Å². The van der Waals surface area contributed by atoms with E-state index >= 15 is 0 Å². The summed E-state index contributed by atoms with van der Waals surface area (Å²) in [6.45, 7) is 0. The lowest BCUT2D eigenvalue weighted by atomic mass is 10.1. The zero-order chi connectivity index (χ0) is 20.4. The average molecular weight is 405 g/mol. The van der Waals surface area contributed by atoms with E-state index in [0.717, 1.165) is 33.0 Å². The summed E-state index contributed by atoms with van der Waals surface area (Å²) in [4.78, 5) is 17.4. The van der Waals surface area contributed by atoms with Gasteiger partial charge in [0, 0.05) is 40.0 Å². The van der Waals surface area contributed by atoms with E-state index in [0.29, 0.717) is 16.8 Å². The molecule has 7 heteroatoms. The van der Waals surface area contributed by atoms with Crippen LogP contribution < -0.4 is 20.5 Å². The highest BCUT2D eigenvalue weighted by atomic mass is 32.1. The molecule has 6 nitrogen and oxygen atoms in total. The molecule has 0 aliphatic carbocycles. The van der Waals surface area contributed by atoms with Gasteiger partial charge in [-0.3, -0.25) is 9.78 Å². The largest absolute Gasteiger partial charge is 0.497 e. The SMILES string of the molecule is COc1cc(Nc2ccnc3cc(OC)c(C(N)=O)cc23)cc(-c2cccs2)c1. The first-order valence-electron chi connectivity index (χ1n) is 8.85. The summed E-state index contributed by atoms with van der Waals surface area (Å²) in [6.07, 6.45) is 1.70. The molecular weight excluding hydrogens is 386 g/mol. The second kappa shape index (κ2) is 7.81. The summed E-state index contributed by atoms with van der Waals surface area (Å²) in [5.41, 5.74) is 9.23. The minimum Gasteiger partial charge on any atom is -0.497 e. The van der Waals surface area contributed by atoms with Gasteiger partial charge in [0.25, 0.3) is 5.91 Å². The second-order valence-electron chi connectivity index (χ2n) is 6.34. The molecule has 0 saturated carbocycles. The van der Waals surface area contributed by atoms with Crippen molar-refractivity contribution in [3.05, 3.63) is 65.7 Å². The van der Waals surface area contributed by atoms with Gasteiger partial charge in [-0.1, -0.05) is 6.07 Å². The fraction of sp³-hybridized carbons (Fsp3) is 0.0909. The maximum atomic E-state index is 11.8. The Morgan fingerprint density at radius 2 is 1.97 bits per heavy atom. The molecule has 0 unspecified atom stereocenters. The highest BCUT2D eigenvalue weighted by Gasteiger charge is 2.14. The van der Waals surface area contributed by atoms with Gasteiger partial charge in [0.15, 0.2) is 0 Å². The standard InChI is InChI=1S/C22H19N3O3S/c1-27-15-9-13(21-4-3-7-29-21)8-14(10-15)25-18-5-6-24-19-12-20(28-2)17(22(23)26)11-16(18)19/h3-12H,1-2H3,(H2,23,26)(H,24,25). The molecule has 0 saturated heterocycles. The van der Waals surface area contributed by atoms with Gasteiger partial charge in [-0.15, -0.1) is 11.3 Å². The Balaban J connectivity index is 1.81. The number of hydrogen-bond acceptors (Lipinski definition) is 6. The van der Waals surface area contributed by atoms with Gasteiger partial charge in [-0.25, -0.2) is 0 Å². The molecule has 0 aliphatic heterocycles. The summed E-state index contributed by atoms with van der Waals surface area (Å²) in [5.74, 6) is 0.590. The number of nitrogens with zero attached hydrogens (tertiary/aromatic N) is 1. The van der Waals surface area contributed by atoms with Crippen molar-refractivity contribution in [3.8, 4) is 21.9 Å². The average Bonchev–Trinajstić information content (AvgIpc) is 3.27. The third-order valence-electron chi connectivity index (χ3n) is 4.56. The highest BCUT2D eigenvalue weighted by Crippen LogP contribution is 2.35. The second-order valence-corrected chi connectivity index (χ2v) is 7.29. The predicted molar refractivity (Wildman–Crippen MR) is 116 cm³/mol. The number of primary amides is 1. The number of pyridine rings is 1. The Morgan fingerprint density at radius 1 is 1.10 bits per heavy atom. The van der Waals surface area contributed by atoms with Crippen LogP contribution in [0.15, 0.2) is 60.1 Å². The number of methoxy groups -OCH3 is 2. The Bertz CT molecular complexity index is 1190. The Kier molecular flexibility index (Phi) is 5.05. The Morgan fingerprint density at radius 3 is 2.66 bits per heavy atom. The van der Waals surface area contributed by atoms with E-state index in [4.69, 9.17) is 15.2 Å². The van der Waals surface area contributed by atoms with Crippen LogP contribution in [0.3, 0.4) is 0 Å². The number of nitrogens with two attached hydrogens (primary N) is 1. The van der Waals surface area contributed by atoms with Crippen LogP contribution in [-0.2, 0) is 0 Å². The maximum absolute atomic E-state index is 11.8. The lowest BCUT2D eigenvalue weighted by Gasteiger charge is -2.14. The summed E-state index contributed by atoms with van der Waals surface area (Å²) >= 11 is 1.66. The van der Waals surface area contributed by atoms with Crippen molar-refractivity contribution in [2.45, 2.75) is 0 Å². The molecule has 1 amide bonds. The molecule has 2 aromatic heterocycles. The number of hydrogen-bond donors (Lipinski definition) is 2. The number of thiophene rings is 1. The summed E-state index contributed by atoms with van der Waals surface area (Å²) in [5, 5.41) is 6.22. The third-order valence-corrected chi connectivity index (χ3v) is 5.47. The molecule has 4 aromatic rings. The third kappa shape index (κ3) is 3.72. The number of carbonyl (C=O) groups is 1. The van der Waals surface area contributed by atoms with E-state index in [-0.39, 0.29) is 0 Å². The minimum absolute atomic E-state index is 0.306. The topological polar surface area (TPSA) is 86.5 Å². The monoisotopic (exact) mass is 405 g/mol. The van der Waals surface area contributed by atoms with Crippen LogP contribution in [0.25, 0.3) is 21.3 Å². The predicted octanol–water partition coefficient (Wildman–Crippen LogP) is 4.82. The van der Waals surface area contributed by atoms with Crippen molar-refractivity contribution in [2.75, 3.05) is 19.5 Å². The van der Waals surface area contributed by atoms with E-state index in [2.05, 4.69) is 22.4 Å². The molecule has 0 aliphatic rings. The lowest BCUT2D eigenvalue weighted by Crippen LogP contribution is -2.12. The van der Waals surface area contributed by atoms with E-state index in [1.807, 2.05) is 29.6 Å². The highest BCUT2D eigenvalue weighted by molar-refractivity contribution is 7.13. The normalized spacial score (nSPS) is 10.7. The van der Waals surface area contributed by atoms with Gasteiger partial charge in [0.05, 0.1) is 25.3 Å². The number of carbonyl (C=O) groups excluding carboxylic acids is 1. The lowest BCUT2D eigenvalue weighted by molar-refractivity contribution is 0.0997. The van der Waals surface area contributed by atoms with Crippen LogP contribution in [-0.4, -0.2) is 25.1 Å². The zero-order valence-corrected chi connectivity index (χ0v) is 16.7. The number of benzene rings is 2. The van der Waals surface area contributed by atoms with Crippen molar-refractivity contribution in [3.63, 3.8) is 0 Å². The molecule has 2 heterocycles. The summed E-state index contributed by atoms with van der Waals surface area (Å²) in [6, 6.07) is 15.3. The maximum Gasteiger partial charge on any atom is 0.252 e. The van der Waals surface area contributed by atoms with Gasteiger partial charge in [0.2, 0.25) is 0 Å². The number of ether oxygens (including phenoxy) is 2. The van der Waals surface area contributed by atoms with Gasteiger partial charge in [-0.2, -0.15) is 0 Å². The van der Waals surface area contributed by atoms with Crippen molar-refractivity contribution in [2.24, 2.45) is 5.73 Å². The number of rotatable bonds is 6. The molecule has 0 spiro atoms. The molecule has 29 heavy (non-hydrogen) atoms. The molecule has 0 fully saturated rings. The smallest absolute Gasteiger partial charge is 0.252 e. The number of aromatic nitrogens is 1. The number of fused-ring (bicyclic) bond motifs is 1. The first-order valence-corrected chi connectivity index (χ1v) is 9.73. The molecule has 0 radical (unpaired) electrons. The first kappa shape index (κ1) is 18.8. The minimum atomic E-state index is -0.556. The van der Waals surface area contributed by atoms with Crippen LogP contribution in [0.4, 0.5) is 11.4 Å². The van der Waals surface area contributed by atoms with Crippen LogP contribution in [0.1, 0.15) is 10.4 Å². The van der Waals surface area contributed by atoms with Gasteiger partial charge in [0.1, 0.15) is 11.5 Å². The molecule has 3 N–H and O–H groups in total. The van der Waals surface area contributed by atoms with Crippen molar-refractivity contribution >= 4 is 39.5 Å². The van der Waals surface area contributed by atoms with Gasteiger partial charge < -0.3 is 20.5 Å². The molecular formula is C22H19N3O3S. The number of amides is 1. The summed E-state index contributed by atoms with van der Waals surface area (Å²) in [7, 11) is 3.14. The van der Waals surface area contributed by atoms with Crippen molar-refractivity contribution in [1.82, 2.24) is 4.98 Å². The van der Waals surface area contributed by atoms with Crippen LogP contribution in [0.2, 0.25) is 0 Å². The molecule has 146 valence electrons. The zero-order valence-electron chi connectivity index (χ0n) is 15.9. The van der Waals surface area contributed by atoms with Crippen LogP contribution in [0, 0.1) is 0 Å². The van der Waals surface area contributed by atoms with Crippen LogP contribution >= 0.6 is 11.3 Å². The first-order chi connectivity index (χ1) is 14.1. The summed E-state index contributed by atoms with van der Waals surface area (Å²) < 4.78 is 10.8. The fourth-order valence-corrected chi connectivity index (χ4v) is 3.89. The molecule has 0 atom stereocenters. The quantitative estimate of drug-likeness (QED) is 0.480. The number of anilines is 2. The molecule has 2 aromatic carbocycles. The fourth-order valence-electron chi connectivity index (χ4n) is 3.17.